The third-order valence-corrected chi connectivity index (χ3v) is 5.59. The lowest BCUT2D eigenvalue weighted by molar-refractivity contribution is 0.606. The largest absolute Gasteiger partial charge is 0.292 e. The zero-order chi connectivity index (χ0) is 20.8. The third kappa shape index (κ3) is 4.51. The molecule has 0 aliphatic rings. The van der Waals surface area contributed by atoms with Crippen molar-refractivity contribution in [2.45, 2.75) is 45.6 Å². The highest BCUT2D eigenvalue weighted by atomic mass is 16.1. The minimum absolute atomic E-state index is 0.0455. The molecule has 4 aromatic rings. The number of hydrogen-bond donors (Lipinski definition) is 0. The first-order valence-corrected chi connectivity index (χ1v) is 10.9. The van der Waals surface area contributed by atoms with E-state index in [9.17, 15) is 4.79 Å². The van der Waals surface area contributed by atoms with E-state index in [1.807, 2.05) is 28.8 Å². The van der Waals surface area contributed by atoms with E-state index in [0.29, 0.717) is 6.54 Å². The average molecular weight is 397 g/mol. The van der Waals surface area contributed by atoms with Crippen LogP contribution in [0.25, 0.3) is 22.2 Å². The van der Waals surface area contributed by atoms with Crippen molar-refractivity contribution in [1.29, 1.82) is 0 Å². The van der Waals surface area contributed by atoms with E-state index in [1.165, 1.54) is 11.1 Å². The Kier molecular flexibility index (Phi) is 6.38. The van der Waals surface area contributed by atoms with Crippen molar-refractivity contribution in [3.63, 3.8) is 0 Å². The predicted molar refractivity (Wildman–Crippen MR) is 125 cm³/mol. The number of rotatable bonds is 8. The van der Waals surface area contributed by atoms with E-state index < -0.39 is 0 Å². The van der Waals surface area contributed by atoms with Crippen LogP contribution in [0.5, 0.6) is 0 Å². The second-order valence-corrected chi connectivity index (χ2v) is 7.82. The molecule has 0 spiro atoms. The number of nitrogens with zero attached hydrogens (tertiary/aromatic N) is 2. The highest BCUT2D eigenvalue weighted by Crippen LogP contribution is 2.21. The SMILES string of the molecule is CCCc1ccc(-c2cc3cccnc3n(CCCCc3ccccc3)c2=O)cc1. The lowest BCUT2D eigenvalue weighted by atomic mass is 10.0. The molecule has 152 valence electrons. The first-order chi connectivity index (χ1) is 14.8. The van der Waals surface area contributed by atoms with E-state index in [2.05, 4.69) is 60.4 Å². The van der Waals surface area contributed by atoms with Crippen LogP contribution in [0.2, 0.25) is 0 Å². The number of hydrogen-bond acceptors (Lipinski definition) is 2. The molecule has 2 aromatic heterocycles. The third-order valence-electron chi connectivity index (χ3n) is 5.59. The molecule has 0 saturated carbocycles. The van der Waals surface area contributed by atoms with Gasteiger partial charge in [-0.25, -0.2) is 4.98 Å². The zero-order valence-corrected chi connectivity index (χ0v) is 17.6. The smallest absolute Gasteiger partial charge is 0.260 e. The van der Waals surface area contributed by atoms with E-state index in [4.69, 9.17) is 0 Å². The maximum absolute atomic E-state index is 13.4. The van der Waals surface area contributed by atoms with Crippen molar-refractivity contribution < 1.29 is 0 Å². The minimum atomic E-state index is 0.0455. The van der Waals surface area contributed by atoms with E-state index in [0.717, 1.165) is 54.3 Å². The number of aromatic nitrogens is 2. The maximum atomic E-state index is 13.4. The molecule has 3 nitrogen and oxygen atoms in total. The summed E-state index contributed by atoms with van der Waals surface area (Å²) in [5, 5.41) is 1.01. The van der Waals surface area contributed by atoms with Crippen LogP contribution in [0.1, 0.15) is 37.3 Å². The minimum Gasteiger partial charge on any atom is -0.292 e. The average Bonchev–Trinajstić information content (AvgIpc) is 2.79. The van der Waals surface area contributed by atoms with E-state index in [1.54, 1.807) is 6.20 Å². The zero-order valence-electron chi connectivity index (χ0n) is 17.6. The molecule has 4 rings (SSSR count). The van der Waals surface area contributed by atoms with E-state index >= 15 is 0 Å². The van der Waals surface area contributed by atoms with Gasteiger partial charge in [-0.3, -0.25) is 9.36 Å². The summed E-state index contributed by atoms with van der Waals surface area (Å²) in [5.41, 5.74) is 5.20. The van der Waals surface area contributed by atoms with Gasteiger partial charge in [-0.1, -0.05) is 67.9 Å². The number of aryl methyl sites for hydroxylation is 3. The molecule has 0 unspecified atom stereocenters. The summed E-state index contributed by atoms with van der Waals surface area (Å²) < 4.78 is 1.86. The van der Waals surface area contributed by atoms with Crippen LogP contribution in [0.4, 0.5) is 0 Å². The molecule has 0 atom stereocenters. The molecule has 0 amide bonds. The molecule has 0 aliphatic heterocycles. The van der Waals surface area contributed by atoms with Crippen molar-refractivity contribution in [1.82, 2.24) is 9.55 Å². The highest BCUT2D eigenvalue weighted by molar-refractivity contribution is 5.81. The van der Waals surface area contributed by atoms with Gasteiger partial charge < -0.3 is 0 Å². The Morgan fingerprint density at radius 1 is 0.833 bits per heavy atom. The Morgan fingerprint density at radius 2 is 1.60 bits per heavy atom. The topological polar surface area (TPSA) is 34.9 Å². The molecule has 3 heteroatoms. The van der Waals surface area contributed by atoms with Gasteiger partial charge in [-0.05, 0) is 60.6 Å². The number of unbranched alkanes of at least 4 members (excludes halogenated alkanes) is 1. The van der Waals surface area contributed by atoms with Gasteiger partial charge in [0, 0.05) is 23.7 Å². The fraction of sp³-hybridized carbons (Fsp3) is 0.259. The Bertz CT molecular complexity index is 1160. The van der Waals surface area contributed by atoms with Gasteiger partial charge >= 0.3 is 0 Å². The molecule has 0 N–H and O–H groups in total. The van der Waals surface area contributed by atoms with Crippen LogP contribution >= 0.6 is 0 Å². The molecule has 0 aliphatic carbocycles. The second-order valence-electron chi connectivity index (χ2n) is 7.82. The quantitative estimate of drug-likeness (QED) is 0.340. The molecule has 0 bridgehead atoms. The Morgan fingerprint density at radius 3 is 2.37 bits per heavy atom. The van der Waals surface area contributed by atoms with Crippen LogP contribution in [-0.2, 0) is 19.4 Å². The maximum Gasteiger partial charge on any atom is 0.260 e. The van der Waals surface area contributed by atoms with Gasteiger partial charge in [0.1, 0.15) is 5.65 Å². The summed E-state index contributed by atoms with van der Waals surface area (Å²) >= 11 is 0. The van der Waals surface area contributed by atoms with Gasteiger partial charge in [-0.15, -0.1) is 0 Å². The fourth-order valence-corrected chi connectivity index (χ4v) is 4.00. The molecule has 2 aromatic carbocycles. The number of benzene rings is 2. The second kappa shape index (κ2) is 9.53. The molecule has 2 heterocycles. The first kappa shape index (κ1) is 20.1. The van der Waals surface area contributed by atoms with Crippen LogP contribution in [0.15, 0.2) is 83.8 Å². The van der Waals surface area contributed by atoms with Crippen molar-refractivity contribution in [3.8, 4) is 11.1 Å². The molecular weight excluding hydrogens is 368 g/mol. The van der Waals surface area contributed by atoms with Crippen molar-refractivity contribution in [3.05, 3.63) is 100 Å². The molecule has 0 radical (unpaired) electrons. The first-order valence-electron chi connectivity index (χ1n) is 10.9. The summed E-state index contributed by atoms with van der Waals surface area (Å²) in [6, 6.07) is 24.9. The van der Waals surface area contributed by atoms with E-state index in [-0.39, 0.29) is 5.56 Å². The van der Waals surface area contributed by atoms with Gasteiger partial charge in [0.2, 0.25) is 0 Å². The number of pyridine rings is 2. The Balaban J connectivity index is 1.61. The van der Waals surface area contributed by atoms with Gasteiger partial charge in [0.15, 0.2) is 0 Å². The molecular formula is C27H28N2O. The standard InChI is InChI=1S/C27H28N2O/c1-2-9-21-14-16-23(17-15-21)25-20-24-13-8-18-28-26(24)29(27(25)30)19-7-6-12-22-10-4-3-5-11-22/h3-5,8,10-11,13-18,20H,2,6-7,9,12,19H2,1H3. The van der Waals surface area contributed by atoms with Crippen LogP contribution in [0, 0.1) is 0 Å². The lowest BCUT2D eigenvalue weighted by Crippen LogP contribution is -2.23. The van der Waals surface area contributed by atoms with Crippen molar-refractivity contribution in [2.75, 3.05) is 0 Å². The monoisotopic (exact) mass is 396 g/mol. The van der Waals surface area contributed by atoms with Crippen LogP contribution in [0.3, 0.4) is 0 Å². The van der Waals surface area contributed by atoms with Gasteiger partial charge in [-0.2, -0.15) is 0 Å². The van der Waals surface area contributed by atoms with Gasteiger partial charge in [0.25, 0.3) is 5.56 Å². The molecule has 0 fully saturated rings. The van der Waals surface area contributed by atoms with Crippen LogP contribution < -0.4 is 5.56 Å². The summed E-state index contributed by atoms with van der Waals surface area (Å²) in [6.07, 6.45) is 6.96. The Labute approximate surface area is 178 Å². The summed E-state index contributed by atoms with van der Waals surface area (Å²) in [4.78, 5) is 17.9. The fourth-order valence-electron chi connectivity index (χ4n) is 4.00. The summed E-state index contributed by atoms with van der Waals surface area (Å²) in [5.74, 6) is 0. The van der Waals surface area contributed by atoms with Crippen molar-refractivity contribution >= 4 is 11.0 Å². The molecule has 0 saturated heterocycles. The predicted octanol–water partition coefficient (Wildman–Crippen LogP) is 6.04. The normalized spacial score (nSPS) is 11.1. The Hall–Kier alpha value is -3.20. The number of fused-ring (bicyclic) bond motifs is 1. The van der Waals surface area contributed by atoms with Gasteiger partial charge in [0.05, 0.1) is 0 Å². The highest BCUT2D eigenvalue weighted by Gasteiger charge is 2.12. The van der Waals surface area contributed by atoms with Crippen LogP contribution in [-0.4, -0.2) is 9.55 Å². The molecule has 30 heavy (non-hydrogen) atoms. The summed E-state index contributed by atoms with van der Waals surface area (Å²) in [6.45, 7) is 2.86. The summed E-state index contributed by atoms with van der Waals surface area (Å²) in [7, 11) is 0. The lowest BCUT2D eigenvalue weighted by Gasteiger charge is -2.13. The van der Waals surface area contributed by atoms with Crippen molar-refractivity contribution in [2.24, 2.45) is 0 Å².